The molecule has 8 nitrogen and oxygen atoms in total. The van der Waals surface area contributed by atoms with Gasteiger partial charge in [-0.25, -0.2) is 8.42 Å². The van der Waals surface area contributed by atoms with Gasteiger partial charge in [-0.3, -0.25) is 9.59 Å². The van der Waals surface area contributed by atoms with Gasteiger partial charge in [0.1, 0.15) is 0 Å². The number of nitrogens with one attached hydrogen (secondary N) is 1. The highest BCUT2D eigenvalue weighted by molar-refractivity contribution is 8.00. The fraction of sp³-hybridized carbons (Fsp3) is 0.300. The van der Waals surface area contributed by atoms with Crippen LogP contribution in [-0.2, 0) is 29.1 Å². The van der Waals surface area contributed by atoms with Crippen molar-refractivity contribution in [1.29, 1.82) is 0 Å². The number of hydrogen-bond donors (Lipinski definition) is 1. The fourth-order valence-corrected chi connectivity index (χ4v) is 5.77. The lowest BCUT2D eigenvalue weighted by molar-refractivity contribution is -0.144. The summed E-state index contributed by atoms with van der Waals surface area (Å²) in [5.74, 6) is -1.35. The average Bonchev–Trinajstić information content (AvgIpc) is 2.81. The molecule has 0 bridgehead atoms. The second-order valence-corrected chi connectivity index (χ2v) is 10.8. The SMILES string of the molecule is O=C(COC(=O)CSc1ccc(Cl)c(Cl)c1Cl)Nc1cccc(S(=O)(=O)N2CCOCC2)c1. The van der Waals surface area contributed by atoms with E-state index in [1.165, 1.54) is 22.5 Å². The minimum absolute atomic E-state index is 0.0501. The highest BCUT2D eigenvalue weighted by Crippen LogP contribution is 2.37. The van der Waals surface area contributed by atoms with Crippen LogP contribution in [0.1, 0.15) is 0 Å². The summed E-state index contributed by atoms with van der Waals surface area (Å²) in [5, 5.41) is 3.24. The van der Waals surface area contributed by atoms with E-state index in [2.05, 4.69) is 5.32 Å². The first kappa shape index (κ1) is 26.1. The van der Waals surface area contributed by atoms with Crippen LogP contribution in [0.15, 0.2) is 46.2 Å². The predicted octanol–water partition coefficient (Wildman–Crippen LogP) is 3.94. The van der Waals surface area contributed by atoms with Crippen LogP contribution in [0.3, 0.4) is 0 Å². The molecule has 0 spiro atoms. The van der Waals surface area contributed by atoms with Crippen molar-refractivity contribution < 1.29 is 27.5 Å². The number of carbonyl (C=O) groups is 2. The maximum absolute atomic E-state index is 12.8. The summed E-state index contributed by atoms with van der Waals surface area (Å²) in [6.45, 7) is 0.655. The second kappa shape index (κ2) is 11.7. The van der Waals surface area contributed by atoms with Gasteiger partial charge in [-0.2, -0.15) is 4.31 Å². The topological polar surface area (TPSA) is 102 Å². The molecule has 1 aliphatic heterocycles. The Morgan fingerprint density at radius 3 is 2.55 bits per heavy atom. The number of sulfonamides is 1. The normalized spacial score (nSPS) is 14.6. The molecule has 0 atom stereocenters. The van der Waals surface area contributed by atoms with E-state index < -0.39 is 28.5 Å². The summed E-state index contributed by atoms with van der Waals surface area (Å²) in [6.07, 6.45) is 0. The largest absolute Gasteiger partial charge is 0.455 e. The molecule has 0 unspecified atom stereocenters. The molecule has 3 rings (SSSR count). The first-order valence-corrected chi connectivity index (χ1v) is 13.1. The standard InChI is InChI=1S/C20H19Cl3N2O6S2/c21-15-4-5-16(20(23)19(15)22)32-12-18(27)31-11-17(26)24-13-2-1-3-14(10-13)33(28,29)25-6-8-30-9-7-25/h1-5,10H,6-9,11-12H2,(H,24,26). The quantitative estimate of drug-likeness (QED) is 0.300. The third kappa shape index (κ3) is 6.98. The fourth-order valence-electron chi connectivity index (χ4n) is 2.81. The first-order valence-electron chi connectivity index (χ1n) is 9.58. The second-order valence-electron chi connectivity index (χ2n) is 6.72. The molecule has 33 heavy (non-hydrogen) atoms. The van der Waals surface area contributed by atoms with E-state index in [0.717, 1.165) is 11.8 Å². The highest BCUT2D eigenvalue weighted by Gasteiger charge is 2.26. The van der Waals surface area contributed by atoms with E-state index >= 15 is 0 Å². The molecule has 1 N–H and O–H groups in total. The van der Waals surface area contributed by atoms with Crippen LogP contribution in [0.2, 0.25) is 15.1 Å². The van der Waals surface area contributed by atoms with Crippen molar-refractivity contribution in [2.24, 2.45) is 0 Å². The molecule has 0 aliphatic carbocycles. The highest BCUT2D eigenvalue weighted by atomic mass is 35.5. The Kier molecular flexibility index (Phi) is 9.28. The van der Waals surface area contributed by atoms with Gasteiger partial charge in [-0.1, -0.05) is 40.9 Å². The number of morpholine rings is 1. The van der Waals surface area contributed by atoms with E-state index in [0.29, 0.717) is 23.1 Å². The summed E-state index contributed by atoms with van der Waals surface area (Å²) in [7, 11) is -3.70. The van der Waals surface area contributed by atoms with Crippen molar-refractivity contribution in [3.05, 3.63) is 51.5 Å². The monoisotopic (exact) mass is 552 g/mol. The maximum atomic E-state index is 12.8. The molecule has 0 saturated carbocycles. The number of carbonyl (C=O) groups excluding carboxylic acids is 2. The van der Waals surface area contributed by atoms with Gasteiger partial charge in [0.2, 0.25) is 10.0 Å². The number of hydrogen-bond acceptors (Lipinski definition) is 7. The molecule has 0 radical (unpaired) electrons. The van der Waals surface area contributed by atoms with E-state index in [9.17, 15) is 18.0 Å². The van der Waals surface area contributed by atoms with E-state index in [-0.39, 0.29) is 39.5 Å². The van der Waals surface area contributed by atoms with Crippen LogP contribution in [0.25, 0.3) is 0 Å². The van der Waals surface area contributed by atoms with Gasteiger partial charge in [0, 0.05) is 23.7 Å². The van der Waals surface area contributed by atoms with Crippen molar-refractivity contribution in [2.75, 3.05) is 44.0 Å². The van der Waals surface area contributed by atoms with Crippen molar-refractivity contribution in [1.82, 2.24) is 4.31 Å². The van der Waals surface area contributed by atoms with Gasteiger partial charge < -0.3 is 14.8 Å². The molecule has 1 amide bonds. The van der Waals surface area contributed by atoms with Crippen molar-refractivity contribution in [3.8, 4) is 0 Å². The molecule has 0 aromatic heterocycles. The predicted molar refractivity (Wildman–Crippen MR) is 128 cm³/mol. The Balaban J connectivity index is 1.51. The number of halogens is 3. The van der Waals surface area contributed by atoms with E-state index in [4.69, 9.17) is 44.3 Å². The zero-order valence-electron chi connectivity index (χ0n) is 17.1. The number of ether oxygens (including phenoxy) is 2. The summed E-state index contributed by atoms with van der Waals surface area (Å²) >= 11 is 19.0. The summed E-state index contributed by atoms with van der Waals surface area (Å²) in [5.41, 5.74) is 0.266. The van der Waals surface area contributed by atoms with Gasteiger partial charge in [-0.15, -0.1) is 11.8 Å². The Morgan fingerprint density at radius 1 is 1.09 bits per heavy atom. The number of benzene rings is 2. The van der Waals surface area contributed by atoms with Crippen LogP contribution >= 0.6 is 46.6 Å². The number of esters is 1. The van der Waals surface area contributed by atoms with Crippen LogP contribution in [0.5, 0.6) is 0 Å². The lowest BCUT2D eigenvalue weighted by atomic mass is 10.3. The lowest BCUT2D eigenvalue weighted by Crippen LogP contribution is -2.40. The van der Waals surface area contributed by atoms with E-state index in [1.807, 2.05) is 0 Å². The first-order chi connectivity index (χ1) is 15.7. The third-order valence-electron chi connectivity index (χ3n) is 4.44. The molecule has 2 aromatic carbocycles. The number of anilines is 1. The number of rotatable bonds is 8. The molecule has 1 heterocycles. The van der Waals surface area contributed by atoms with Crippen molar-refractivity contribution >= 4 is 74.2 Å². The average molecular weight is 554 g/mol. The molecule has 1 saturated heterocycles. The number of thioether (sulfide) groups is 1. The Hall–Kier alpha value is -1.53. The van der Waals surface area contributed by atoms with Crippen LogP contribution in [0, 0.1) is 0 Å². The summed E-state index contributed by atoms with van der Waals surface area (Å²) in [4.78, 5) is 24.7. The molecule has 13 heteroatoms. The molecule has 1 aliphatic rings. The Labute approximate surface area is 210 Å². The smallest absolute Gasteiger partial charge is 0.316 e. The molecular weight excluding hydrogens is 535 g/mol. The van der Waals surface area contributed by atoms with Gasteiger partial charge in [0.05, 0.1) is 38.9 Å². The van der Waals surface area contributed by atoms with Crippen LogP contribution < -0.4 is 5.32 Å². The van der Waals surface area contributed by atoms with Crippen molar-refractivity contribution in [2.45, 2.75) is 9.79 Å². The summed E-state index contributed by atoms with van der Waals surface area (Å²) < 4.78 is 37.0. The van der Waals surface area contributed by atoms with Crippen LogP contribution in [0.4, 0.5) is 5.69 Å². The number of nitrogens with zero attached hydrogens (tertiary/aromatic N) is 1. The Bertz CT molecular complexity index is 1140. The zero-order chi connectivity index (χ0) is 24.0. The number of amides is 1. The minimum Gasteiger partial charge on any atom is -0.455 e. The van der Waals surface area contributed by atoms with Crippen LogP contribution in [-0.4, -0.2) is 63.3 Å². The molecular formula is C20H19Cl3N2O6S2. The van der Waals surface area contributed by atoms with Gasteiger partial charge >= 0.3 is 5.97 Å². The lowest BCUT2D eigenvalue weighted by Gasteiger charge is -2.26. The Morgan fingerprint density at radius 2 is 1.82 bits per heavy atom. The third-order valence-corrected chi connectivity index (χ3v) is 8.77. The van der Waals surface area contributed by atoms with Gasteiger partial charge in [-0.05, 0) is 30.3 Å². The summed E-state index contributed by atoms with van der Waals surface area (Å²) in [6, 6.07) is 9.05. The minimum atomic E-state index is -3.70. The maximum Gasteiger partial charge on any atom is 0.316 e. The van der Waals surface area contributed by atoms with Crippen molar-refractivity contribution in [3.63, 3.8) is 0 Å². The van der Waals surface area contributed by atoms with E-state index in [1.54, 1.807) is 18.2 Å². The van der Waals surface area contributed by atoms with Gasteiger partial charge in [0.25, 0.3) is 5.91 Å². The zero-order valence-corrected chi connectivity index (χ0v) is 21.0. The molecule has 2 aromatic rings. The molecule has 178 valence electrons. The van der Waals surface area contributed by atoms with Gasteiger partial charge in [0.15, 0.2) is 6.61 Å². The molecule has 1 fully saturated rings.